The van der Waals surface area contributed by atoms with Gasteiger partial charge >= 0.3 is 0 Å². The molecule has 0 fully saturated rings. The zero-order valence-corrected chi connectivity index (χ0v) is 6.35. The smallest absolute Gasteiger partial charge is 0.0682 e. The third kappa shape index (κ3) is 1.63. The molecule has 4 N–H and O–H groups in total. The molecule has 56 valence electrons. The molecule has 1 unspecified atom stereocenters. The number of nitrogens with two attached hydrogens (primary N) is 2. The molecular weight excluding hydrogens is 124 g/mol. The molecule has 0 amide bonds. The molecule has 0 aromatic rings. The summed E-state index contributed by atoms with van der Waals surface area (Å²) in [5, 5.41) is 0. The zero-order valence-electron chi connectivity index (χ0n) is 6.35. The Bertz CT molecular complexity index is 187. The van der Waals surface area contributed by atoms with E-state index in [1.807, 2.05) is 6.92 Å². The first-order valence-electron chi connectivity index (χ1n) is 3.67. The van der Waals surface area contributed by atoms with Crippen LogP contribution in [-0.2, 0) is 0 Å². The second-order valence-electron chi connectivity index (χ2n) is 2.86. The van der Waals surface area contributed by atoms with Crippen molar-refractivity contribution in [2.75, 3.05) is 0 Å². The van der Waals surface area contributed by atoms with Crippen LogP contribution < -0.4 is 11.5 Å². The first-order valence-corrected chi connectivity index (χ1v) is 3.67. The molecule has 0 heterocycles. The molecular formula is C8H14N2. The summed E-state index contributed by atoms with van der Waals surface area (Å²) >= 11 is 0. The average Bonchev–Trinajstić information content (AvgIpc) is 1.96. The van der Waals surface area contributed by atoms with Crippen LogP contribution in [-0.4, -0.2) is 6.04 Å². The van der Waals surface area contributed by atoms with Gasteiger partial charge in [0.2, 0.25) is 0 Å². The minimum atomic E-state index is 0.0393. The van der Waals surface area contributed by atoms with Crippen molar-refractivity contribution in [2.24, 2.45) is 11.5 Å². The summed E-state index contributed by atoms with van der Waals surface area (Å²) in [6.07, 6.45) is 3.23. The van der Waals surface area contributed by atoms with E-state index in [2.05, 4.69) is 5.73 Å². The van der Waals surface area contributed by atoms with Gasteiger partial charge in [-0.05, 0) is 31.8 Å². The maximum Gasteiger partial charge on any atom is 0.0682 e. The molecule has 0 saturated heterocycles. The number of hydrogen-bond donors (Lipinski definition) is 2. The van der Waals surface area contributed by atoms with Gasteiger partial charge in [-0.1, -0.05) is 5.73 Å². The molecule has 0 saturated carbocycles. The number of rotatable bonds is 0. The van der Waals surface area contributed by atoms with Gasteiger partial charge < -0.3 is 11.5 Å². The Labute approximate surface area is 61.6 Å². The second-order valence-corrected chi connectivity index (χ2v) is 2.86. The second kappa shape index (κ2) is 2.91. The summed E-state index contributed by atoms with van der Waals surface area (Å²) in [6, 6.07) is 0.0393. The number of hydrogen-bond acceptors (Lipinski definition) is 2. The predicted octanol–water partition coefficient (Wildman–Crippen LogP) is 0.885. The monoisotopic (exact) mass is 138 g/mol. The van der Waals surface area contributed by atoms with Gasteiger partial charge in [0.15, 0.2) is 0 Å². The third-order valence-corrected chi connectivity index (χ3v) is 1.82. The summed E-state index contributed by atoms with van der Waals surface area (Å²) < 4.78 is 0. The largest absolute Gasteiger partial charge is 0.394 e. The van der Waals surface area contributed by atoms with Crippen molar-refractivity contribution in [2.45, 2.75) is 32.2 Å². The summed E-state index contributed by atoms with van der Waals surface area (Å²) in [6.45, 7) is 2.05. The van der Waals surface area contributed by atoms with E-state index >= 15 is 0 Å². The van der Waals surface area contributed by atoms with Gasteiger partial charge in [-0.25, -0.2) is 0 Å². The molecule has 0 radical (unpaired) electrons. The van der Waals surface area contributed by atoms with Gasteiger partial charge in [0.05, 0.1) is 11.7 Å². The Morgan fingerprint density at radius 2 is 2.30 bits per heavy atom. The van der Waals surface area contributed by atoms with Crippen LogP contribution in [0.3, 0.4) is 0 Å². The quantitative estimate of drug-likeness (QED) is 0.488. The van der Waals surface area contributed by atoms with E-state index in [4.69, 9.17) is 11.5 Å². The fraction of sp³-hybridized carbons (Fsp3) is 0.625. The van der Waals surface area contributed by atoms with Crippen molar-refractivity contribution in [3.8, 4) is 0 Å². The highest BCUT2D eigenvalue weighted by molar-refractivity contribution is 5.12. The molecule has 1 rings (SSSR count). The van der Waals surface area contributed by atoms with Crippen LogP contribution in [0.15, 0.2) is 17.0 Å². The Hall–Kier alpha value is -0.720. The molecule has 0 spiro atoms. The Morgan fingerprint density at radius 1 is 1.60 bits per heavy atom. The lowest BCUT2D eigenvalue weighted by Gasteiger charge is -2.05. The highest BCUT2D eigenvalue weighted by atomic mass is 14.7. The Balaban J connectivity index is 2.83. The molecule has 2 nitrogen and oxygen atoms in total. The van der Waals surface area contributed by atoms with Crippen molar-refractivity contribution in [3.63, 3.8) is 0 Å². The lowest BCUT2D eigenvalue weighted by Crippen LogP contribution is -2.26. The summed E-state index contributed by atoms with van der Waals surface area (Å²) in [5.41, 5.74) is 16.4. The maximum absolute atomic E-state index is 5.70. The normalized spacial score (nSPS) is 26.8. The molecule has 2 heteroatoms. The topological polar surface area (TPSA) is 52.0 Å². The summed E-state index contributed by atoms with van der Waals surface area (Å²) in [5.74, 6) is 0. The van der Waals surface area contributed by atoms with Gasteiger partial charge in [-0.2, -0.15) is 0 Å². The van der Waals surface area contributed by atoms with Gasteiger partial charge in [-0.15, -0.1) is 0 Å². The van der Waals surface area contributed by atoms with Crippen molar-refractivity contribution in [3.05, 3.63) is 17.0 Å². The van der Waals surface area contributed by atoms with E-state index in [1.165, 1.54) is 5.57 Å². The molecule has 0 aromatic carbocycles. The SMILES string of the molecule is CC1=C=C(N)C(N)CCC1. The summed E-state index contributed by atoms with van der Waals surface area (Å²) in [7, 11) is 0. The molecule has 1 aliphatic carbocycles. The van der Waals surface area contributed by atoms with E-state index < -0.39 is 0 Å². The van der Waals surface area contributed by atoms with E-state index in [0.29, 0.717) is 0 Å². The van der Waals surface area contributed by atoms with Gasteiger partial charge in [0.1, 0.15) is 0 Å². The van der Waals surface area contributed by atoms with Crippen LogP contribution in [0.2, 0.25) is 0 Å². The van der Waals surface area contributed by atoms with Crippen LogP contribution in [0.25, 0.3) is 0 Å². The zero-order chi connectivity index (χ0) is 7.56. The first-order chi connectivity index (χ1) is 4.70. The van der Waals surface area contributed by atoms with E-state index in [1.54, 1.807) is 0 Å². The van der Waals surface area contributed by atoms with Crippen molar-refractivity contribution >= 4 is 0 Å². The van der Waals surface area contributed by atoms with Crippen LogP contribution in [0, 0.1) is 0 Å². The van der Waals surface area contributed by atoms with E-state index in [9.17, 15) is 0 Å². The van der Waals surface area contributed by atoms with E-state index in [-0.39, 0.29) is 6.04 Å². The Morgan fingerprint density at radius 3 is 3.00 bits per heavy atom. The standard InChI is InChI=1S/C8H14N2/c1-6-3-2-4-7(9)8(10)5-6/h7H,2-4,9-10H2,1H3. The van der Waals surface area contributed by atoms with Crippen LogP contribution in [0.5, 0.6) is 0 Å². The average molecular weight is 138 g/mol. The molecule has 1 aliphatic rings. The predicted molar refractivity (Wildman–Crippen MR) is 42.2 cm³/mol. The Kier molecular flexibility index (Phi) is 2.15. The summed E-state index contributed by atoms with van der Waals surface area (Å²) in [4.78, 5) is 0. The van der Waals surface area contributed by atoms with E-state index in [0.717, 1.165) is 25.0 Å². The molecule has 10 heavy (non-hydrogen) atoms. The van der Waals surface area contributed by atoms with Gasteiger partial charge in [0, 0.05) is 0 Å². The van der Waals surface area contributed by atoms with Gasteiger partial charge in [0.25, 0.3) is 0 Å². The van der Waals surface area contributed by atoms with Crippen LogP contribution in [0.4, 0.5) is 0 Å². The third-order valence-electron chi connectivity index (χ3n) is 1.82. The highest BCUT2D eigenvalue weighted by Crippen LogP contribution is 2.13. The lowest BCUT2D eigenvalue weighted by atomic mass is 10.1. The fourth-order valence-corrected chi connectivity index (χ4v) is 1.14. The first kappa shape index (κ1) is 7.39. The maximum atomic E-state index is 5.70. The van der Waals surface area contributed by atoms with Crippen LogP contribution in [0.1, 0.15) is 26.2 Å². The molecule has 0 bridgehead atoms. The van der Waals surface area contributed by atoms with Gasteiger partial charge in [-0.3, -0.25) is 0 Å². The molecule has 1 atom stereocenters. The highest BCUT2D eigenvalue weighted by Gasteiger charge is 2.07. The van der Waals surface area contributed by atoms with Crippen molar-refractivity contribution in [1.29, 1.82) is 0 Å². The molecule has 0 aromatic heterocycles. The fourth-order valence-electron chi connectivity index (χ4n) is 1.14. The minimum absolute atomic E-state index is 0.0393. The molecule has 0 aliphatic heterocycles. The van der Waals surface area contributed by atoms with Crippen molar-refractivity contribution in [1.82, 2.24) is 0 Å². The van der Waals surface area contributed by atoms with Crippen LogP contribution >= 0.6 is 0 Å². The lowest BCUT2D eigenvalue weighted by molar-refractivity contribution is 0.649. The minimum Gasteiger partial charge on any atom is -0.394 e. The van der Waals surface area contributed by atoms with Crippen molar-refractivity contribution < 1.29 is 0 Å².